The van der Waals surface area contributed by atoms with E-state index < -0.39 is 23.5 Å². The molecule has 122 valence electrons. The van der Waals surface area contributed by atoms with E-state index in [1.54, 1.807) is 45.2 Å². The van der Waals surface area contributed by atoms with E-state index >= 15 is 0 Å². The molecule has 6 nitrogen and oxygen atoms in total. The van der Waals surface area contributed by atoms with Crippen molar-refractivity contribution in [3.05, 3.63) is 35.5 Å². The quantitative estimate of drug-likeness (QED) is 0.472. The third-order valence-electron chi connectivity index (χ3n) is 4.83. The van der Waals surface area contributed by atoms with E-state index in [0.717, 1.165) is 0 Å². The first-order valence-corrected chi connectivity index (χ1v) is 7.42. The minimum Gasteiger partial charge on any atom is -0.543 e. The normalized spacial score (nSPS) is 26.4. The summed E-state index contributed by atoms with van der Waals surface area (Å²) in [6.45, 7) is 3.35. The number of carboxylic acids is 1. The molecule has 1 aromatic carbocycles. The number of β-lactam (4-membered cyclic amide) rings is 1. The van der Waals surface area contributed by atoms with Crippen LogP contribution < -0.4 is 39.4 Å². The standard InChI is InChI=1S/C17H19NO5.Na/c1-9(19)13-15(20)18-14(16(21)22)12(8-17(13,18)2)10-4-6-11(23-3)7-5-10;/h4-7,9,13,19H,8H2,1-3H3,(H,21,22);/q;+1/p-1/t9-,13-,17+;/m0./s1. The minimum atomic E-state index is -1.38. The van der Waals surface area contributed by atoms with E-state index in [-0.39, 0.29) is 41.2 Å². The van der Waals surface area contributed by atoms with Crippen molar-refractivity contribution in [2.75, 3.05) is 7.11 Å². The van der Waals surface area contributed by atoms with Gasteiger partial charge in [-0.2, -0.15) is 0 Å². The predicted molar refractivity (Wildman–Crippen MR) is 80.0 cm³/mol. The summed E-state index contributed by atoms with van der Waals surface area (Å²) in [6.07, 6.45) is -0.466. The number of hydrogen-bond acceptors (Lipinski definition) is 5. The van der Waals surface area contributed by atoms with Crippen LogP contribution in [0.3, 0.4) is 0 Å². The number of methoxy groups -OCH3 is 1. The molecule has 1 fully saturated rings. The number of benzene rings is 1. The van der Waals surface area contributed by atoms with Crippen molar-refractivity contribution in [3.63, 3.8) is 0 Å². The van der Waals surface area contributed by atoms with Gasteiger partial charge in [0.25, 0.3) is 0 Å². The van der Waals surface area contributed by atoms with Gasteiger partial charge >= 0.3 is 29.6 Å². The number of carboxylic acid groups (broad SMARTS) is 1. The number of carbonyl (C=O) groups is 2. The summed E-state index contributed by atoms with van der Waals surface area (Å²) in [5.41, 5.74) is 0.430. The smallest absolute Gasteiger partial charge is 0.543 e. The van der Waals surface area contributed by atoms with Crippen LogP contribution in [0, 0.1) is 5.92 Å². The summed E-state index contributed by atoms with van der Waals surface area (Å²) in [4.78, 5) is 25.2. The maximum Gasteiger partial charge on any atom is 1.00 e. The van der Waals surface area contributed by atoms with Crippen molar-refractivity contribution in [1.82, 2.24) is 4.90 Å². The summed E-state index contributed by atoms with van der Waals surface area (Å²) < 4.78 is 5.10. The Morgan fingerprint density at radius 1 is 1.42 bits per heavy atom. The van der Waals surface area contributed by atoms with Crippen LogP contribution >= 0.6 is 0 Å². The fraction of sp³-hybridized carbons (Fsp3) is 0.412. The third kappa shape index (κ3) is 2.58. The second kappa shape index (κ2) is 6.52. The molecule has 0 saturated carbocycles. The topological polar surface area (TPSA) is 89.9 Å². The van der Waals surface area contributed by atoms with Gasteiger partial charge in [0.1, 0.15) is 5.75 Å². The van der Waals surface area contributed by atoms with Gasteiger partial charge in [0, 0.05) is 0 Å². The Morgan fingerprint density at radius 3 is 2.46 bits per heavy atom. The van der Waals surface area contributed by atoms with Crippen molar-refractivity contribution in [1.29, 1.82) is 0 Å². The Balaban J connectivity index is 0.00000208. The average Bonchev–Trinajstić information content (AvgIpc) is 2.76. The van der Waals surface area contributed by atoms with Gasteiger partial charge in [-0.15, -0.1) is 0 Å². The molecule has 2 aliphatic rings. The summed E-state index contributed by atoms with van der Waals surface area (Å²) in [7, 11) is 1.55. The average molecular weight is 339 g/mol. The van der Waals surface area contributed by atoms with Gasteiger partial charge < -0.3 is 24.6 Å². The molecule has 0 bridgehead atoms. The molecule has 3 rings (SSSR count). The summed E-state index contributed by atoms with van der Waals surface area (Å²) in [5.74, 6) is -1.69. The SMILES string of the molecule is COc1ccc(C2=C(C(=O)[O-])N3C(=O)[C@H]([C@H](C)O)[C@@]3(C)C2)cc1.[Na+]. The van der Waals surface area contributed by atoms with Gasteiger partial charge in [0.05, 0.1) is 36.3 Å². The Hall–Kier alpha value is -1.34. The molecule has 0 aliphatic carbocycles. The summed E-state index contributed by atoms with van der Waals surface area (Å²) >= 11 is 0. The van der Waals surface area contributed by atoms with Crippen LogP contribution in [0.5, 0.6) is 5.75 Å². The molecular weight excluding hydrogens is 321 g/mol. The van der Waals surface area contributed by atoms with Crippen LogP contribution in [-0.4, -0.2) is 40.6 Å². The van der Waals surface area contributed by atoms with E-state index in [1.807, 2.05) is 0 Å². The molecule has 1 amide bonds. The molecule has 0 aromatic heterocycles. The van der Waals surface area contributed by atoms with Gasteiger partial charge in [0.2, 0.25) is 5.91 Å². The van der Waals surface area contributed by atoms with Crippen LogP contribution in [0.4, 0.5) is 0 Å². The maximum atomic E-state index is 12.3. The van der Waals surface area contributed by atoms with Crippen LogP contribution in [-0.2, 0) is 9.59 Å². The number of nitrogens with zero attached hydrogens (tertiary/aromatic N) is 1. The zero-order valence-electron chi connectivity index (χ0n) is 14.2. The third-order valence-corrected chi connectivity index (χ3v) is 4.83. The molecule has 1 N–H and O–H groups in total. The summed E-state index contributed by atoms with van der Waals surface area (Å²) in [6, 6.07) is 6.99. The number of aliphatic hydroxyl groups excluding tert-OH is 1. The molecule has 7 heteroatoms. The number of ether oxygens (including phenoxy) is 1. The Labute approximate surface area is 162 Å². The van der Waals surface area contributed by atoms with Crippen LogP contribution in [0.15, 0.2) is 30.0 Å². The number of hydrogen-bond donors (Lipinski definition) is 1. The zero-order valence-corrected chi connectivity index (χ0v) is 16.2. The Kier molecular flexibility index (Phi) is 5.16. The number of carbonyl (C=O) groups excluding carboxylic acids is 2. The number of aliphatic hydroxyl groups is 1. The van der Waals surface area contributed by atoms with E-state index in [1.165, 1.54) is 4.90 Å². The van der Waals surface area contributed by atoms with Crippen LogP contribution in [0.2, 0.25) is 0 Å². The van der Waals surface area contributed by atoms with E-state index in [9.17, 15) is 19.8 Å². The van der Waals surface area contributed by atoms with Gasteiger partial charge in [-0.3, -0.25) is 4.79 Å². The number of fused-ring (bicyclic) bond motifs is 1. The van der Waals surface area contributed by atoms with Gasteiger partial charge in [-0.25, -0.2) is 0 Å². The largest absolute Gasteiger partial charge is 1.00 e. The molecular formula is C17H18NNaO5. The molecule has 1 saturated heterocycles. The second-order valence-electron chi connectivity index (χ2n) is 6.27. The first kappa shape index (κ1) is 19.0. The van der Waals surface area contributed by atoms with Crippen molar-refractivity contribution in [3.8, 4) is 5.75 Å². The van der Waals surface area contributed by atoms with Gasteiger partial charge in [0.15, 0.2) is 0 Å². The number of aliphatic carboxylic acids is 1. The van der Waals surface area contributed by atoms with E-state index in [4.69, 9.17) is 4.74 Å². The molecule has 0 spiro atoms. The molecule has 0 unspecified atom stereocenters. The van der Waals surface area contributed by atoms with E-state index in [2.05, 4.69) is 0 Å². The van der Waals surface area contributed by atoms with Crippen molar-refractivity contribution in [2.24, 2.45) is 5.92 Å². The molecule has 2 heterocycles. The van der Waals surface area contributed by atoms with E-state index in [0.29, 0.717) is 23.3 Å². The molecule has 2 aliphatic heterocycles. The van der Waals surface area contributed by atoms with Crippen molar-refractivity contribution in [2.45, 2.75) is 31.9 Å². The van der Waals surface area contributed by atoms with Gasteiger partial charge in [-0.1, -0.05) is 12.1 Å². The molecule has 24 heavy (non-hydrogen) atoms. The first-order valence-electron chi connectivity index (χ1n) is 7.42. The minimum absolute atomic E-state index is 0. The number of rotatable bonds is 4. The van der Waals surface area contributed by atoms with Crippen molar-refractivity contribution < 1.29 is 54.1 Å². The zero-order chi connectivity index (χ0) is 16.9. The second-order valence-corrected chi connectivity index (χ2v) is 6.27. The first-order chi connectivity index (χ1) is 10.8. The predicted octanol–water partition coefficient (Wildman–Crippen LogP) is -2.84. The molecule has 3 atom stereocenters. The van der Waals surface area contributed by atoms with Crippen LogP contribution in [0.25, 0.3) is 5.57 Å². The van der Waals surface area contributed by atoms with Crippen molar-refractivity contribution >= 4 is 17.4 Å². The molecule has 0 radical (unpaired) electrons. The Bertz CT molecular complexity index is 712. The monoisotopic (exact) mass is 339 g/mol. The maximum absolute atomic E-state index is 12.3. The summed E-state index contributed by atoms with van der Waals surface area (Å²) in [5, 5.41) is 21.5. The Morgan fingerprint density at radius 2 is 2.00 bits per heavy atom. The number of amides is 1. The van der Waals surface area contributed by atoms with Gasteiger partial charge in [-0.05, 0) is 43.5 Å². The molecule has 1 aromatic rings. The fourth-order valence-electron chi connectivity index (χ4n) is 3.83. The fourth-order valence-corrected chi connectivity index (χ4v) is 3.83. The van der Waals surface area contributed by atoms with Crippen LogP contribution in [0.1, 0.15) is 25.8 Å².